The lowest BCUT2D eigenvalue weighted by molar-refractivity contribution is -0.126. The zero-order valence-electron chi connectivity index (χ0n) is 19.2. The Morgan fingerprint density at radius 1 is 1.12 bits per heavy atom. The summed E-state index contributed by atoms with van der Waals surface area (Å²) in [5.74, 6) is -0.298. The minimum absolute atomic E-state index is 0.0854. The molecule has 1 aliphatic heterocycles. The van der Waals surface area contributed by atoms with Gasteiger partial charge in [-0.3, -0.25) is 14.4 Å². The molecule has 3 aromatic rings. The number of nitrogens with zero attached hydrogens (tertiary/aromatic N) is 1. The predicted octanol–water partition coefficient (Wildman–Crippen LogP) is 4.05. The van der Waals surface area contributed by atoms with E-state index in [2.05, 4.69) is 10.6 Å². The molecule has 1 aromatic heterocycles. The molecule has 0 unspecified atom stereocenters. The molecule has 0 saturated carbocycles. The summed E-state index contributed by atoms with van der Waals surface area (Å²) in [5, 5.41) is 7.73. The summed E-state index contributed by atoms with van der Waals surface area (Å²) in [6, 6.07) is 16.7. The molecule has 2 aromatic carbocycles. The molecule has 8 heteroatoms. The van der Waals surface area contributed by atoms with Gasteiger partial charge in [-0.25, -0.2) is 0 Å². The smallest absolute Gasteiger partial charge is 0.262 e. The molecule has 3 amide bonds. The first-order chi connectivity index (χ1) is 16.4. The van der Waals surface area contributed by atoms with Gasteiger partial charge in [-0.05, 0) is 61.2 Å². The highest BCUT2D eigenvalue weighted by molar-refractivity contribution is 7.09. The summed E-state index contributed by atoms with van der Waals surface area (Å²) < 4.78 is 5.60. The Morgan fingerprint density at radius 3 is 2.62 bits per heavy atom. The Kier molecular flexibility index (Phi) is 7.27. The lowest BCUT2D eigenvalue weighted by Gasteiger charge is -2.17. The fourth-order valence-corrected chi connectivity index (χ4v) is 4.52. The van der Waals surface area contributed by atoms with Crippen molar-refractivity contribution in [3.8, 4) is 5.75 Å². The van der Waals surface area contributed by atoms with Crippen LogP contribution >= 0.6 is 11.3 Å². The first kappa shape index (κ1) is 23.5. The normalized spacial score (nSPS) is 15.3. The van der Waals surface area contributed by atoms with Crippen LogP contribution in [0.25, 0.3) is 0 Å². The van der Waals surface area contributed by atoms with Gasteiger partial charge in [0.1, 0.15) is 5.75 Å². The van der Waals surface area contributed by atoms with Gasteiger partial charge in [0.05, 0.1) is 12.5 Å². The first-order valence-electron chi connectivity index (χ1n) is 11.1. The standard InChI is InChI=1S/C26H27N3O4S/c1-17-5-10-23(18(2)12-17)28-24(30)16-33-21-8-6-20(7-9-21)29-15-19(13-25(29)31)26(32)27-14-22-4-3-11-34-22/h3-12,19H,13-16H2,1-2H3,(H,27,32)(H,28,30)/t19-/m0/s1. The number of hydrogen-bond acceptors (Lipinski definition) is 5. The Labute approximate surface area is 202 Å². The summed E-state index contributed by atoms with van der Waals surface area (Å²) >= 11 is 1.58. The minimum atomic E-state index is -0.377. The highest BCUT2D eigenvalue weighted by Gasteiger charge is 2.35. The van der Waals surface area contributed by atoms with Gasteiger partial charge in [0.15, 0.2) is 6.61 Å². The Morgan fingerprint density at radius 2 is 1.91 bits per heavy atom. The van der Waals surface area contributed by atoms with Gasteiger partial charge in [0.25, 0.3) is 5.91 Å². The van der Waals surface area contributed by atoms with Gasteiger partial charge >= 0.3 is 0 Å². The average Bonchev–Trinajstić information content (AvgIpc) is 3.48. The maximum Gasteiger partial charge on any atom is 0.262 e. The molecular formula is C26H27N3O4S. The van der Waals surface area contributed by atoms with Gasteiger partial charge in [0.2, 0.25) is 11.8 Å². The highest BCUT2D eigenvalue weighted by atomic mass is 32.1. The number of thiophene rings is 1. The molecule has 1 fully saturated rings. The van der Waals surface area contributed by atoms with E-state index in [9.17, 15) is 14.4 Å². The number of nitrogens with one attached hydrogen (secondary N) is 2. The number of ether oxygens (including phenoxy) is 1. The summed E-state index contributed by atoms with van der Waals surface area (Å²) in [4.78, 5) is 39.9. The van der Waals surface area contributed by atoms with E-state index in [0.29, 0.717) is 24.5 Å². The third-order valence-electron chi connectivity index (χ3n) is 5.69. The van der Waals surface area contributed by atoms with Gasteiger partial charge < -0.3 is 20.3 Å². The molecule has 1 atom stereocenters. The number of rotatable bonds is 8. The number of amides is 3. The lowest BCUT2D eigenvalue weighted by atomic mass is 10.1. The molecule has 2 heterocycles. The van der Waals surface area contributed by atoms with Crippen molar-refractivity contribution in [2.45, 2.75) is 26.8 Å². The van der Waals surface area contributed by atoms with Crippen LogP contribution in [0.4, 0.5) is 11.4 Å². The second-order valence-electron chi connectivity index (χ2n) is 8.35. The van der Waals surface area contributed by atoms with Gasteiger partial charge in [-0.1, -0.05) is 23.8 Å². The molecule has 0 bridgehead atoms. The zero-order valence-corrected chi connectivity index (χ0v) is 20.0. The number of hydrogen-bond donors (Lipinski definition) is 2. The summed E-state index contributed by atoms with van der Waals surface area (Å²) in [5.41, 5.74) is 3.59. The largest absolute Gasteiger partial charge is 0.484 e. The van der Waals surface area contributed by atoms with E-state index in [1.165, 1.54) is 0 Å². The monoisotopic (exact) mass is 477 g/mol. The minimum Gasteiger partial charge on any atom is -0.484 e. The molecule has 0 aliphatic carbocycles. The van der Waals surface area contributed by atoms with E-state index in [1.807, 2.05) is 49.6 Å². The van der Waals surface area contributed by atoms with Crippen LogP contribution in [0.1, 0.15) is 22.4 Å². The highest BCUT2D eigenvalue weighted by Crippen LogP contribution is 2.27. The molecule has 1 saturated heterocycles. The third kappa shape index (κ3) is 5.82. The average molecular weight is 478 g/mol. The van der Waals surface area contributed by atoms with Crippen molar-refractivity contribution < 1.29 is 19.1 Å². The zero-order chi connectivity index (χ0) is 24.1. The van der Waals surface area contributed by atoms with Gasteiger partial charge in [-0.2, -0.15) is 0 Å². The summed E-state index contributed by atoms with van der Waals surface area (Å²) in [6.07, 6.45) is 0.188. The molecule has 34 heavy (non-hydrogen) atoms. The fraction of sp³-hybridized carbons (Fsp3) is 0.269. The molecule has 7 nitrogen and oxygen atoms in total. The van der Waals surface area contributed by atoms with Crippen molar-refractivity contribution in [1.29, 1.82) is 0 Å². The number of aryl methyl sites for hydroxylation is 2. The third-order valence-corrected chi connectivity index (χ3v) is 6.56. The van der Waals surface area contributed by atoms with Crippen LogP contribution in [-0.4, -0.2) is 30.9 Å². The van der Waals surface area contributed by atoms with E-state index in [1.54, 1.807) is 40.5 Å². The van der Waals surface area contributed by atoms with Crippen LogP contribution in [0.5, 0.6) is 5.75 Å². The lowest BCUT2D eigenvalue weighted by Crippen LogP contribution is -2.32. The van der Waals surface area contributed by atoms with Crippen molar-refractivity contribution in [3.63, 3.8) is 0 Å². The first-order valence-corrected chi connectivity index (χ1v) is 12.0. The van der Waals surface area contributed by atoms with Crippen molar-refractivity contribution in [2.75, 3.05) is 23.4 Å². The van der Waals surface area contributed by atoms with E-state index < -0.39 is 0 Å². The van der Waals surface area contributed by atoms with E-state index in [0.717, 1.165) is 21.7 Å². The van der Waals surface area contributed by atoms with Crippen molar-refractivity contribution in [3.05, 3.63) is 76.0 Å². The number of benzene rings is 2. The quantitative estimate of drug-likeness (QED) is 0.512. The second-order valence-corrected chi connectivity index (χ2v) is 9.38. The van der Waals surface area contributed by atoms with E-state index in [-0.39, 0.29) is 36.7 Å². The molecule has 0 radical (unpaired) electrons. The SMILES string of the molecule is Cc1ccc(NC(=O)COc2ccc(N3C[C@@H](C(=O)NCc4cccs4)CC3=O)cc2)c(C)c1. The molecule has 176 valence electrons. The molecule has 2 N–H and O–H groups in total. The van der Waals surface area contributed by atoms with Crippen molar-refractivity contribution >= 4 is 40.4 Å². The number of carbonyl (C=O) groups is 3. The van der Waals surface area contributed by atoms with Crippen LogP contribution in [0.2, 0.25) is 0 Å². The Bertz CT molecular complexity index is 1180. The van der Waals surface area contributed by atoms with Crippen molar-refractivity contribution in [2.24, 2.45) is 5.92 Å². The van der Waals surface area contributed by atoms with E-state index in [4.69, 9.17) is 4.74 Å². The van der Waals surface area contributed by atoms with Crippen LogP contribution in [0.3, 0.4) is 0 Å². The van der Waals surface area contributed by atoms with E-state index >= 15 is 0 Å². The number of anilines is 2. The fourth-order valence-electron chi connectivity index (χ4n) is 3.88. The molecule has 4 rings (SSSR count). The summed E-state index contributed by atoms with van der Waals surface area (Å²) in [7, 11) is 0. The van der Waals surface area contributed by atoms with Crippen LogP contribution in [0.15, 0.2) is 60.0 Å². The van der Waals surface area contributed by atoms with Gasteiger partial charge in [0, 0.05) is 29.2 Å². The van der Waals surface area contributed by atoms with Crippen molar-refractivity contribution in [1.82, 2.24) is 5.32 Å². The van der Waals surface area contributed by atoms with Gasteiger partial charge in [-0.15, -0.1) is 11.3 Å². The Balaban J connectivity index is 1.27. The second kappa shape index (κ2) is 10.5. The topological polar surface area (TPSA) is 87.7 Å². The van der Waals surface area contributed by atoms with Crippen LogP contribution in [0, 0.1) is 19.8 Å². The number of carbonyl (C=O) groups excluding carboxylic acids is 3. The van der Waals surface area contributed by atoms with Crippen LogP contribution < -0.4 is 20.3 Å². The maximum absolute atomic E-state index is 12.5. The molecule has 0 spiro atoms. The molecule has 1 aliphatic rings. The van der Waals surface area contributed by atoms with Crippen LogP contribution in [-0.2, 0) is 20.9 Å². The summed E-state index contributed by atoms with van der Waals surface area (Å²) in [6.45, 7) is 4.64. The Hall–Kier alpha value is -3.65. The maximum atomic E-state index is 12.5. The predicted molar refractivity (Wildman–Crippen MR) is 133 cm³/mol. The molecular weight excluding hydrogens is 450 g/mol.